The van der Waals surface area contributed by atoms with E-state index in [1.54, 1.807) is 36.8 Å². The van der Waals surface area contributed by atoms with E-state index in [0.29, 0.717) is 22.3 Å². The predicted octanol–water partition coefficient (Wildman–Crippen LogP) is 4.77. The van der Waals surface area contributed by atoms with E-state index < -0.39 is 0 Å². The maximum atomic E-state index is 12.1. The third-order valence-corrected chi connectivity index (χ3v) is 4.18. The highest BCUT2D eigenvalue weighted by molar-refractivity contribution is 6.42. The molecule has 2 aromatic heterocycles. The van der Waals surface area contributed by atoms with E-state index in [2.05, 4.69) is 20.6 Å². The molecule has 5 nitrogen and oxygen atoms in total. The number of hydrogen-bond donors (Lipinski definition) is 2. The van der Waals surface area contributed by atoms with Gasteiger partial charge in [0.1, 0.15) is 0 Å². The molecule has 0 atom stereocenters. The molecule has 0 saturated heterocycles. The van der Waals surface area contributed by atoms with E-state index in [1.165, 1.54) is 0 Å². The Morgan fingerprint density at radius 1 is 1.04 bits per heavy atom. The zero-order valence-corrected chi connectivity index (χ0v) is 14.6. The summed E-state index contributed by atoms with van der Waals surface area (Å²) < 4.78 is 0. The molecule has 0 aliphatic heterocycles. The van der Waals surface area contributed by atoms with Crippen molar-refractivity contribution in [3.05, 3.63) is 76.7 Å². The SMILES string of the molecule is O=C(NCc1cccnc1-c1cccnc1)Nc1ccc(Cl)c(Cl)c1. The Morgan fingerprint density at radius 3 is 2.64 bits per heavy atom. The van der Waals surface area contributed by atoms with Crippen LogP contribution in [0.2, 0.25) is 10.0 Å². The number of halogens is 2. The van der Waals surface area contributed by atoms with E-state index in [0.717, 1.165) is 16.8 Å². The first-order valence-electron chi connectivity index (χ1n) is 7.47. The molecule has 2 amide bonds. The summed E-state index contributed by atoms with van der Waals surface area (Å²) in [5.41, 5.74) is 3.13. The average molecular weight is 373 g/mol. The first kappa shape index (κ1) is 17.2. The van der Waals surface area contributed by atoms with Gasteiger partial charge in [0.2, 0.25) is 0 Å². The lowest BCUT2D eigenvalue weighted by Gasteiger charge is -2.11. The number of rotatable bonds is 4. The third kappa shape index (κ3) is 4.47. The Hall–Kier alpha value is -2.63. The molecule has 3 rings (SSSR count). The van der Waals surface area contributed by atoms with Crippen molar-refractivity contribution in [3.63, 3.8) is 0 Å². The first-order chi connectivity index (χ1) is 12.1. The second-order valence-corrected chi connectivity index (χ2v) is 6.00. The van der Waals surface area contributed by atoms with Crippen LogP contribution in [0, 0.1) is 0 Å². The maximum absolute atomic E-state index is 12.1. The van der Waals surface area contributed by atoms with Gasteiger partial charge in [-0.15, -0.1) is 0 Å². The molecule has 0 saturated carbocycles. The van der Waals surface area contributed by atoms with Gasteiger partial charge in [-0.05, 0) is 42.0 Å². The van der Waals surface area contributed by atoms with Crippen molar-refractivity contribution in [2.24, 2.45) is 0 Å². The largest absolute Gasteiger partial charge is 0.334 e. The van der Waals surface area contributed by atoms with Gasteiger partial charge in [0.05, 0.1) is 15.7 Å². The van der Waals surface area contributed by atoms with Crippen LogP contribution in [0.5, 0.6) is 0 Å². The van der Waals surface area contributed by atoms with Crippen molar-refractivity contribution in [2.75, 3.05) is 5.32 Å². The van der Waals surface area contributed by atoms with E-state index in [1.807, 2.05) is 24.3 Å². The molecular formula is C18H14Cl2N4O. The van der Waals surface area contributed by atoms with Crippen LogP contribution in [0.1, 0.15) is 5.56 Å². The van der Waals surface area contributed by atoms with E-state index in [-0.39, 0.29) is 6.03 Å². The number of hydrogen-bond acceptors (Lipinski definition) is 3. The number of nitrogens with zero attached hydrogens (tertiary/aromatic N) is 2. The number of amides is 2. The van der Waals surface area contributed by atoms with Crippen molar-refractivity contribution in [2.45, 2.75) is 6.54 Å². The fourth-order valence-electron chi connectivity index (χ4n) is 2.27. The minimum absolute atomic E-state index is 0.325. The number of carbonyl (C=O) groups excluding carboxylic acids is 1. The molecule has 0 aliphatic carbocycles. The number of pyridine rings is 2. The molecule has 0 bridgehead atoms. The van der Waals surface area contributed by atoms with Crippen molar-refractivity contribution < 1.29 is 4.79 Å². The predicted molar refractivity (Wildman–Crippen MR) is 99.8 cm³/mol. The van der Waals surface area contributed by atoms with Crippen molar-refractivity contribution in [3.8, 4) is 11.3 Å². The van der Waals surface area contributed by atoms with E-state index >= 15 is 0 Å². The summed E-state index contributed by atoms with van der Waals surface area (Å²) >= 11 is 11.8. The Morgan fingerprint density at radius 2 is 1.88 bits per heavy atom. The summed E-state index contributed by atoms with van der Waals surface area (Å²) in [5.74, 6) is 0. The molecule has 126 valence electrons. The van der Waals surface area contributed by atoms with E-state index in [9.17, 15) is 4.79 Å². The van der Waals surface area contributed by atoms with Crippen LogP contribution in [0.15, 0.2) is 61.1 Å². The van der Waals surface area contributed by atoms with Crippen LogP contribution in [-0.4, -0.2) is 16.0 Å². The van der Waals surface area contributed by atoms with Crippen molar-refractivity contribution >= 4 is 34.9 Å². The number of urea groups is 1. The molecule has 0 spiro atoms. The topological polar surface area (TPSA) is 66.9 Å². The zero-order chi connectivity index (χ0) is 17.6. The molecule has 7 heteroatoms. The van der Waals surface area contributed by atoms with Crippen molar-refractivity contribution in [1.82, 2.24) is 15.3 Å². The standard InChI is InChI=1S/C18H14Cl2N4O/c19-15-6-5-14(9-16(15)20)24-18(25)23-11-13-4-2-8-22-17(13)12-3-1-7-21-10-12/h1-10H,11H2,(H2,23,24,25). The smallest absolute Gasteiger partial charge is 0.319 e. The molecule has 2 heterocycles. The second kappa shape index (κ2) is 7.96. The summed E-state index contributed by atoms with van der Waals surface area (Å²) in [6.07, 6.45) is 5.15. The quantitative estimate of drug-likeness (QED) is 0.692. The summed E-state index contributed by atoms with van der Waals surface area (Å²) in [4.78, 5) is 20.6. The zero-order valence-electron chi connectivity index (χ0n) is 13.0. The van der Waals surface area contributed by atoms with Gasteiger partial charge in [-0.3, -0.25) is 9.97 Å². The third-order valence-electron chi connectivity index (χ3n) is 3.44. The summed E-state index contributed by atoms with van der Waals surface area (Å²) in [6, 6.07) is 12.1. The number of aromatic nitrogens is 2. The summed E-state index contributed by atoms with van der Waals surface area (Å²) in [6.45, 7) is 0.325. The molecule has 0 radical (unpaired) electrons. The number of anilines is 1. The normalized spacial score (nSPS) is 10.3. The highest BCUT2D eigenvalue weighted by atomic mass is 35.5. The van der Waals surface area contributed by atoms with Crippen LogP contribution in [0.4, 0.5) is 10.5 Å². The van der Waals surface area contributed by atoms with Gasteiger partial charge in [-0.1, -0.05) is 29.3 Å². The number of benzene rings is 1. The molecule has 25 heavy (non-hydrogen) atoms. The summed E-state index contributed by atoms with van der Waals surface area (Å²) in [7, 11) is 0. The second-order valence-electron chi connectivity index (χ2n) is 5.19. The highest BCUT2D eigenvalue weighted by Crippen LogP contribution is 2.25. The van der Waals surface area contributed by atoms with Crippen LogP contribution < -0.4 is 10.6 Å². The van der Waals surface area contributed by atoms with Crippen LogP contribution in [-0.2, 0) is 6.54 Å². The molecule has 3 aromatic rings. The fourth-order valence-corrected chi connectivity index (χ4v) is 2.57. The molecule has 1 aromatic carbocycles. The van der Waals surface area contributed by atoms with Crippen LogP contribution >= 0.6 is 23.2 Å². The van der Waals surface area contributed by atoms with Crippen LogP contribution in [0.3, 0.4) is 0 Å². The number of nitrogens with one attached hydrogen (secondary N) is 2. The Balaban J connectivity index is 1.67. The van der Waals surface area contributed by atoms with Gasteiger partial charge < -0.3 is 10.6 Å². The molecule has 0 aliphatic rings. The lowest BCUT2D eigenvalue weighted by Crippen LogP contribution is -2.28. The van der Waals surface area contributed by atoms with Gasteiger partial charge >= 0.3 is 6.03 Å². The van der Waals surface area contributed by atoms with E-state index in [4.69, 9.17) is 23.2 Å². The lowest BCUT2D eigenvalue weighted by atomic mass is 10.1. The molecule has 2 N–H and O–H groups in total. The average Bonchev–Trinajstić information content (AvgIpc) is 2.64. The minimum atomic E-state index is -0.348. The molecule has 0 unspecified atom stereocenters. The monoisotopic (exact) mass is 372 g/mol. The van der Waals surface area contributed by atoms with Gasteiger partial charge in [0.15, 0.2) is 0 Å². The van der Waals surface area contributed by atoms with Gasteiger partial charge in [-0.2, -0.15) is 0 Å². The lowest BCUT2D eigenvalue weighted by molar-refractivity contribution is 0.252. The minimum Gasteiger partial charge on any atom is -0.334 e. The Kier molecular flexibility index (Phi) is 5.48. The van der Waals surface area contributed by atoms with Gasteiger partial charge in [0, 0.05) is 36.4 Å². The summed E-state index contributed by atoms with van der Waals surface area (Å²) in [5, 5.41) is 6.33. The van der Waals surface area contributed by atoms with Crippen molar-refractivity contribution in [1.29, 1.82) is 0 Å². The Bertz CT molecular complexity index is 887. The number of carbonyl (C=O) groups is 1. The van der Waals surface area contributed by atoms with Crippen LogP contribution in [0.25, 0.3) is 11.3 Å². The van der Waals surface area contributed by atoms with Gasteiger partial charge in [0.25, 0.3) is 0 Å². The highest BCUT2D eigenvalue weighted by Gasteiger charge is 2.09. The molecule has 0 fully saturated rings. The van der Waals surface area contributed by atoms with Gasteiger partial charge in [-0.25, -0.2) is 4.79 Å². The Labute approximate surface area is 155 Å². The maximum Gasteiger partial charge on any atom is 0.319 e. The molecular weight excluding hydrogens is 359 g/mol. The first-order valence-corrected chi connectivity index (χ1v) is 8.23. The fraction of sp³-hybridized carbons (Fsp3) is 0.0556.